The maximum atomic E-state index is 11.6. The predicted octanol–water partition coefficient (Wildman–Crippen LogP) is 2.82. The molecule has 0 aromatic rings. The Labute approximate surface area is 197 Å². The van der Waals surface area contributed by atoms with Crippen LogP contribution in [0.25, 0.3) is 0 Å². The van der Waals surface area contributed by atoms with Gasteiger partial charge in [-0.2, -0.15) is 0 Å². The summed E-state index contributed by atoms with van der Waals surface area (Å²) in [4.78, 5) is 52.8. The van der Waals surface area contributed by atoms with E-state index in [4.69, 9.17) is 21.7 Å². The number of hydrogen-bond donors (Lipinski definition) is 5. The van der Waals surface area contributed by atoms with E-state index in [-0.39, 0.29) is 42.4 Å². The normalized spacial score (nSPS) is 10.9. The number of carboxylic acids is 2. The van der Waals surface area contributed by atoms with Crippen molar-refractivity contribution in [2.45, 2.75) is 105 Å². The smallest absolute Gasteiger partial charge is 0.326 e. The molecule has 0 radical (unpaired) electrons. The minimum absolute atomic E-state index is 0.00926. The summed E-state index contributed by atoms with van der Waals surface area (Å²) >= 11 is 0. The molecule has 1 atom stereocenters. The van der Waals surface area contributed by atoms with Crippen LogP contribution < -0.4 is 16.8 Å². The van der Waals surface area contributed by atoms with Crippen LogP contribution in [-0.4, -0.2) is 45.9 Å². The average molecular weight is 476 g/mol. The lowest BCUT2D eigenvalue weighted by molar-refractivity contribution is -0.143. The molecule has 7 N–H and O–H groups in total. The van der Waals surface area contributed by atoms with Crippen LogP contribution in [0.15, 0.2) is 0 Å². The van der Waals surface area contributed by atoms with Crippen LogP contribution in [-0.2, 0) is 24.0 Å². The van der Waals surface area contributed by atoms with Crippen molar-refractivity contribution in [1.29, 1.82) is 0 Å². The Hall–Kier alpha value is -2.65. The van der Waals surface area contributed by atoms with Crippen LogP contribution in [0, 0.1) is 11.8 Å². The van der Waals surface area contributed by atoms with Gasteiger partial charge in [-0.1, -0.05) is 73.1 Å². The van der Waals surface area contributed by atoms with E-state index in [0.29, 0.717) is 6.42 Å². The number of carboxylic acid groups (broad SMARTS) is 2. The molecule has 0 spiro atoms. The number of amides is 3. The SMILES string of the molecule is CC(C)C(N)=O.CC(C)C(N)=O.CCCCCCCCCC(=O)N[C@@H](CCC(=O)O)C(=O)O. The van der Waals surface area contributed by atoms with Gasteiger partial charge in [-0.05, 0) is 12.8 Å². The third kappa shape index (κ3) is 29.4. The van der Waals surface area contributed by atoms with Gasteiger partial charge in [0.25, 0.3) is 0 Å². The van der Waals surface area contributed by atoms with Gasteiger partial charge < -0.3 is 27.0 Å². The number of carbonyl (C=O) groups is 5. The van der Waals surface area contributed by atoms with Gasteiger partial charge in [-0.15, -0.1) is 0 Å². The Morgan fingerprint density at radius 1 is 0.727 bits per heavy atom. The van der Waals surface area contributed by atoms with Crippen LogP contribution >= 0.6 is 0 Å². The van der Waals surface area contributed by atoms with E-state index in [1.807, 2.05) is 0 Å². The summed E-state index contributed by atoms with van der Waals surface area (Å²) in [6.45, 7) is 9.23. The predicted molar refractivity (Wildman–Crippen MR) is 127 cm³/mol. The second kappa shape index (κ2) is 22.5. The summed E-state index contributed by atoms with van der Waals surface area (Å²) in [5.74, 6) is -3.08. The van der Waals surface area contributed by atoms with Crippen molar-refractivity contribution in [1.82, 2.24) is 5.32 Å². The number of rotatable bonds is 15. The Morgan fingerprint density at radius 2 is 1.12 bits per heavy atom. The first kappa shape index (κ1) is 35.0. The molecule has 10 heteroatoms. The number of aliphatic carboxylic acids is 2. The number of nitrogens with two attached hydrogens (primary N) is 2. The van der Waals surface area contributed by atoms with Crippen molar-refractivity contribution in [2.24, 2.45) is 23.3 Å². The summed E-state index contributed by atoms with van der Waals surface area (Å²) in [5, 5.41) is 19.8. The molecule has 0 aromatic heterocycles. The van der Waals surface area contributed by atoms with E-state index in [9.17, 15) is 24.0 Å². The van der Waals surface area contributed by atoms with Gasteiger partial charge in [0.05, 0.1) is 0 Å². The van der Waals surface area contributed by atoms with E-state index in [0.717, 1.165) is 19.3 Å². The van der Waals surface area contributed by atoms with Crippen molar-refractivity contribution in [2.75, 3.05) is 0 Å². The second-order valence-corrected chi connectivity index (χ2v) is 8.38. The third-order valence-corrected chi connectivity index (χ3v) is 4.43. The summed E-state index contributed by atoms with van der Waals surface area (Å²) in [6.07, 6.45) is 7.57. The second-order valence-electron chi connectivity index (χ2n) is 8.38. The molecule has 10 nitrogen and oxygen atoms in total. The van der Waals surface area contributed by atoms with Gasteiger partial charge in [-0.25, -0.2) is 4.79 Å². The molecule has 0 bridgehead atoms. The third-order valence-electron chi connectivity index (χ3n) is 4.43. The van der Waals surface area contributed by atoms with E-state index >= 15 is 0 Å². The largest absolute Gasteiger partial charge is 0.481 e. The Balaban J connectivity index is -0.000000611. The van der Waals surface area contributed by atoms with Crippen molar-refractivity contribution in [3.05, 3.63) is 0 Å². The molecule has 0 aliphatic heterocycles. The van der Waals surface area contributed by atoms with Crippen LogP contribution in [0.2, 0.25) is 0 Å². The zero-order valence-corrected chi connectivity index (χ0v) is 20.9. The molecule has 0 unspecified atom stereocenters. The summed E-state index contributed by atoms with van der Waals surface area (Å²) < 4.78 is 0. The highest BCUT2D eigenvalue weighted by Crippen LogP contribution is 2.08. The molecule has 0 aromatic carbocycles. The highest BCUT2D eigenvalue weighted by Gasteiger charge is 2.20. The first-order valence-corrected chi connectivity index (χ1v) is 11.6. The van der Waals surface area contributed by atoms with Crippen LogP contribution in [0.3, 0.4) is 0 Å². The van der Waals surface area contributed by atoms with Crippen LogP contribution in [0.1, 0.15) is 98.8 Å². The zero-order chi connectivity index (χ0) is 26.4. The first-order chi connectivity index (χ1) is 15.3. The van der Waals surface area contributed by atoms with Crippen molar-refractivity contribution >= 4 is 29.7 Å². The zero-order valence-electron chi connectivity index (χ0n) is 20.9. The molecule has 194 valence electrons. The summed E-state index contributed by atoms with van der Waals surface area (Å²) in [5.41, 5.74) is 9.59. The van der Waals surface area contributed by atoms with Gasteiger partial charge >= 0.3 is 11.9 Å². The van der Waals surface area contributed by atoms with Crippen molar-refractivity contribution in [3.63, 3.8) is 0 Å². The average Bonchev–Trinajstić information content (AvgIpc) is 2.70. The van der Waals surface area contributed by atoms with Crippen LogP contribution in [0.4, 0.5) is 0 Å². The molecule has 0 rings (SSSR count). The lowest BCUT2D eigenvalue weighted by Gasteiger charge is -2.13. The number of nitrogens with one attached hydrogen (secondary N) is 1. The maximum Gasteiger partial charge on any atom is 0.326 e. The van der Waals surface area contributed by atoms with E-state index in [2.05, 4.69) is 12.2 Å². The van der Waals surface area contributed by atoms with Gasteiger partial charge in [0.2, 0.25) is 17.7 Å². The van der Waals surface area contributed by atoms with Gasteiger partial charge in [-0.3, -0.25) is 19.2 Å². The number of primary amides is 2. The fraction of sp³-hybridized carbons (Fsp3) is 0.783. The molecule has 33 heavy (non-hydrogen) atoms. The lowest BCUT2D eigenvalue weighted by Crippen LogP contribution is -2.41. The van der Waals surface area contributed by atoms with Crippen LogP contribution in [0.5, 0.6) is 0 Å². The van der Waals surface area contributed by atoms with E-state index in [1.54, 1.807) is 27.7 Å². The Kier molecular flexibility index (Phi) is 23.9. The number of hydrogen-bond acceptors (Lipinski definition) is 5. The van der Waals surface area contributed by atoms with Gasteiger partial charge in [0.1, 0.15) is 6.04 Å². The molecule has 0 saturated heterocycles. The molecule has 3 amide bonds. The monoisotopic (exact) mass is 475 g/mol. The molecule has 0 saturated carbocycles. The Bertz CT molecular complexity index is 560. The Morgan fingerprint density at radius 3 is 1.45 bits per heavy atom. The quantitative estimate of drug-likeness (QED) is 0.225. The van der Waals surface area contributed by atoms with Crippen molar-refractivity contribution < 1.29 is 34.2 Å². The highest BCUT2D eigenvalue weighted by atomic mass is 16.4. The first-order valence-electron chi connectivity index (χ1n) is 11.6. The standard InChI is InChI=1S/C15H27NO5.2C4H9NO/c1-2-3-4-5-6-7-8-9-13(17)16-12(15(20)21)10-11-14(18)19;2*1-3(2)4(5)6/h12H,2-11H2,1H3,(H,16,17)(H,18,19)(H,20,21);2*3H,1-2H3,(H2,5,6)/t12-;;/m0../s1. The van der Waals surface area contributed by atoms with Gasteiger partial charge in [0.15, 0.2) is 0 Å². The molecular formula is C23H45N3O7. The molecule has 0 aliphatic carbocycles. The fourth-order valence-corrected chi connectivity index (χ4v) is 2.03. The van der Waals surface area contributed by atoms with E-state index < -0.39 is 18.0 Å². The summed E-state index contributed by atoms with van der Waals surface area (Å²) in [7, 11) is 0. The molecule has 0 aliphatic rings. The number of carbonyl (C=O) groups excluding carboxylic acids is 3. The number of unbranched alkanes of at least 4 members (excludes halogenated alkanes) is 6. The topological polar surface area (TPSA) is 190 Å². The lowest BCUT2D eigenvalue weighted by atomic mass is 10.1. The summed E-state index contributed by atoms with van der Waals surface area (Å²) in [6, 6.07) is -1.11. The van der Waals surface area contributed by atoms with Gasteiger partial charge in [0, 0.05) is 24.7 Å². The molecule has 0 heterocycles. The van der Waals surface area contributed by atoms with E-state index in [1.165, 1.54) is 25.7 Å². The molecule has 0 fully saturated rings. The van der Waals surface area contributed by atoms with Crippen molar-refractivity contribution in [3.8, 4) is 0 Å². The maximum absolute atomic E-state index is 11.6. The minimum Gasteiger partial charge on any atom is -0.481 e. The fourth-order valence-electron chi connectivity index (χ4n) is 2.03. The molecular weight excluding hydrogens is 430 g/mol. The highest BCUT2D eigenvalue weighted by molar-refractivity contribution is 5.83. The minimum atomic E-state index is -1.19.